The summed E-state index contributed by atoms with van der Waals surface area (Å²) in [7, 11) is 0. The Balaban J connectivity index is 1.37. The summed E-state index contributed by atoms with van der Waals surface area (Å²) in [5.74, 6) is -1.40. The first-order valence-corrected chi connectivity index (χ1v) is 16.8. The van der Waals surface area contributed by atoms with Gasteiger partial charge in [-0.15, -0.1) is 0 Å². The lowest BCUT2D eigenvalue weighted by molar-refractivity contribution is -0.128. The third kappa shape index (κ3) is 10.5. The number of hydrogen-bond donors (Lipinski definition) is 5. The van der Waals surface area contributed by atoms with Crippen molar-refractivity contribution in [2.24, 2.45) is 5.92 Å². The van der Waals surface area contributed by atoms with Crippen LogP contribution in [0, 0.1) is 5.92 Å². The molecule has 1 unspecified atom stereocenters. The predicted octanol–water partition coefficient (Wildman–Crippen LogP) is 5.86. The normalized spacial score (nSPS) is 13.4. The Morgan fingerprint density at radius 2 is 1.41 bits per heavy atom. The Morgan fingerprint density at radius 3 is 1.98 bits per heavy atom. The quantitative estimate of drug-likeness (QED) is 0.134. The largest absolute Gasteiger partial charge is 0.449 e. The lowest BCUT2D eigenvalue weighted by Gasteiger charge is -2.25. The van der Waals surface area contributed by atoms with Gasteiger partial charge in [0.15, 0.2) is 0 Å². The van der Waals surface area contributed by atoms with Crippen LogP contribution in [0.25, 0.3) is 11.1 Å². The van der Waals surface area contributed by atoms with E-state index in [1.165, 1.54) is 0 Å². The van der Waals surface area contributed by atoms with E-state index in [1.807, 2.05) is 36.4 Å². The second-order valence-electron chi connectivity index (χ2n) is 13.5. The Bertz CT molecular complexity index is 1550. The summed E-state index contributed by atoms with van der Waals surface area (Å²) in [5.41, 5.74) is 4.96. The fraction of sp³-hybridized carbons (Fsp3) is 0.421. The molecule has 3 aromatic carbocycles. The molecule has 1 aliphatic rings. The molecule has 2 atom stereocenters. The third-order valence-corrected chi connectivity index (χ3v) is 8.19. The molecule has 0 saturated heterocycles. The summed E-state index contributed by atoms with van der Waals surface area (Å²) < 4.78 is 11.0. The molecule has 1 aliphatic carbocycles. The van der Waals surface area contributed by atoms with Crippen LogP contribution in [0.3, 0.4) is 0 Å². The lowest BCUT2D eigenvalue weighted by atomic mass is 9.98. The van der Waals surface area contributed by atoms with Crippen molar-refractivity contribution in [2.75, 3.05) is 18.5 Å². The number of amides is 4. The van der Waals surface area contributed by atoms with E-state index in [1.54, 1.807) is 58.9 Å². The van der Waals surface area contributed by atoms with E-state index < -0.39 is 41.7 Å². The van der Waals surface area contributed by atoms with Crippen LogP contribution in [0.2, 0.25) is 0 Å². The number of alkyl carbamates (subject to hydrolysis) is 2. The fourth-order valence-electron chi connectivity index (χ4n) is 5.73. The van der Waals surface area contributed by atoms with Crippen LogP contribution in [0.15, 0.2) is 72.8 Å². The van der Waals surface area contributed by atoms with Gasteiger partial charge in [0, 0.05) is 18.2 Å². The van der Waals surface area contributed by atoms with Gasteiger partial charge in [0.25, 0.3) is 0 Å². The van der Waals surface area contributed by atoms with Crippen LogP contribution >= 0.6 is 0 Å². The van der Waals surface area contributed by atoms with Crippen molar-refractivity contribution in [1.29, 1.82) is 0 Å². The molecule has 262 valence electrons. The number of nitrogens with one attached hydrogen (secondary N) is 4. The van der Waals surface area contributed by atoms with E-state index in [9.17, 15) is 24.3 Å². The number of carbonyl (C=O) groups excluding carboxylic acids is 4. The Labute approximate surface area is 288 Å². The van der Waals surface area contributed by atoms with E-state index in [0.29, 0.717) is 30.6 Å². The zero-order chi connectivity index (χ0) is 35.6. The molecule has 4 rings (SSSR count). The molecule has 11 heteroatoms. The molecule has 49 heavy (non-hydrogen) atoms. The second-order valence-corrected chi connectivity index (χ2v) is 13.5. The van der Waals surface area contributed by atoms with Crippen LogP contribution in [0.4, 0.5) is 15.3 Å². The Hall–Kier alpha value is -4.90. The predicted molar refractivity (Wildman–Crippen MR) is 188 cm³/mol. The van der Waals surface area contributed by atoms with Gasteiger partial charge in [0.1, 0.15) is 24.3 Å². The smallest absolute Gasteiger partial charge is 0.407 e. The molecular formula is C38H48N4O7. The number of aliphatic hydroxyl groups is 1. The first kappa shape index (κ1) is 36.9. The summed E-state index contributed by atoms with van der Waals surface area (Å²) in [6.07, 6.45) is 0.0618. The van der Waals surface area contributed by atoms with Crippen molar-refractivity contribution in [2.45, 2.75) is 84.1 Å². The molecule has 4 amide bonds. The molecule has 0 fully saturated rings. The minimum Gasteiger partial charge on any atom is -0.449 e. The van der Waals surface area contributed by atoms with E-state index in [0.717, 1.165) is 22.3 Å². The summed E-state index contributed by atoms with van der Waals surface area (Å²) in [6, 6.07) is 20.9. The van der Waals surface area contributed by atoms with Crippen LogP contribution in [-0.2, 0) is 25.7 Å². The average Bonchev–Trinajstić information content (AvgIpc) is 3.38. The van der Waals surface area contributed by atoms with Gasteiger partial charge >= 0.3 is 12.2 Å². The number of unbranched alkanes of at least 4 members (excludes halogenated alkanes) is 1. The number of anilines is 1. The van der Waals surface area contributed by atoms with Crippen LogP contribution < -0.4 is 21.3 Å². The van der Waals surface area contributed by atoms with Crippen molar-refractivity contribution < 1.29 is 33.8 Å². The number of hydrogen-bond acceptors (Lipinski definition) is 7. The zero-order valence-corrected chi connectivity index (χ0v) is 28.9. The maximum atomic E-state index is 13.6. The number of ether oxygens (including phenoxy) is 2. The van der Waals surface area contributed by atoms with Gasteiger partial charge in [-0.05, 0) is 85.9 Å². The van der Waals surface area contributed by atoms with Gasteiger partial charge in [-0.2, -0.15) is 0 Å². The minimum atomic E-state index is -0.969. The maximum Gasteiger partial charge on any atom is 0.407 e. The highest BCUT2D eigenvalue weighted by atomic mass is 16.6. The second kappa shape index (κ2) is 17.0. The molecular weight excluding hydrogens is 624 g/mol. The molecule has 0 bridgehead atoms. The third-order valence-electron chi connectivity index (χ3n) is 8.19. The molecule has 0 radical (unpaired) electrons. The van der Waals surface area contributed by atoms with Crippen molar-refractivity contribution >= 4 is 29.7 Å². The van der Waals surface area contributed by atoms with Crippen LogP contribution in [0.1, 0.15) is 76.5 Å². The standard InChI is InChI=1S/C38H48N4O7/c1-24(2)33(42-37(47)48-23-31-29-14-8-6-12-27(29)28-13-7-9-15-30(28)31)35(45)41-32(16-10-11-21-39-36(46)49-38(3,4)5)34(44)40-26-19-17-25(22-43)18-20-26/h6-9,12-15,17-20,24,31-33,43H,10-11,16,21-23H2,1-5H3,(H,39,46)(H,40,44)(H,41,45)(H,42,47)/t32-,33?/m0/s1. The highest BCUT2D eigenvalue weighted by molar-refractivity contribution is 5.98. The fourth-order valence-corrected chi connectivity index (χ4v) is 5.73. The number of benzene rings is 3. The number of rotatable bonds is 14. The summed E-state index contributed by atoms with van der Waals surface area (Å²) in [6.45, 7) is 9.25. The molecule has 0 aromatic heterocycles. The van der Waals surface area contributed by atoms with Gasteiger partial charge in [-0.3, -0.25) is 9.59 Å². The van der Waals surface area contributed by atoms with Crippen LogP contribution in [-0.4, -0.2) is 59.9 Å². The van der Waals surface area contributed by atoms with Crippen molar-refractivity contribution in [3.63, 3.8) is 0 Å². The first-order valence-electron chi connectivity index (χ1n) is 16.8. The van der Waals surface area contributed by atoms with Gasteiger partial charge in [-0.25, -0.2) is 9.59 Å². The molecule has 0 saturated carbocycles. The van der Waals surface area contributed by atoms with E-state index in [-0.39, 0.29) is 31.5 Å². The molecule has 3 aromatic rings. The van der Waals surface area contributed by atoms with Crippen molar-refractivity contribution in [3.05, 3.63) is 89.5 Å². The Kier molecular flexibility index (Phi) is 12.8. The maximum absolute atomic E-state index is 13.6. The molecule has 0 aliphatic heterocycles. The van der Waals surface area contributed by atoms with Crippen molar-refractivity contribution in [3.8, 4) is 11.1 Å². The monoisotopic (exact) mass is 672 g/mol. The van der Waals surface area contributed by atoms with Crippen LogP contribution in [0.5, 0.6) is 0 Å². The first-order chi connectivity index (χ1) is 23.4. The van der Waals surface area contributed by atoms with Crippen molar-refractivity contribution in [1.82, 2.24) is 16.0 Å². The average molecular weight is 673 g/mol. The lowest BCUT2D eigenvalue weighted by Crippen LogP contribution is -2.54. The Morgan fingerprint density at radius 1 is 0.796 bits per heavy atom. The highest BCUT2D eigenvalue weighted by Crippen LogP contribution is 2.44. The van der Waals surface area contributed by atoms with Gasteiger partial charge in [-0.1, -0.05) is 74.5 Å². The number of aliphatic hydroxyl groups excluding tert-OH is 1. The summed E-state index contributed by atoms with van der Waals surface area (Å²) >= 11 is 0. The number of carbonyl (C=O) groups is 4. The molecule has 5 N–H and O–H groups in total. The molecule has 0 heterocycles. The minimum absolute atomic E-state index is 0.101. The summed E-state index contributed by atoms with van der Waals surface area (Å²) in [4.78, 5) is 52.1. The topological polar surface area (TPSA) is 155 Å². The van der Waals surface area contributed by atoms with E-state index >= 15 is 0 Å². The highest BCUT2D eigenvalue weighted by Gasteiger charge is 2.32. The molecule has 11 nitrogen and oxygen atoms in total. The van der Waals surface area contributed by atoms with Gasteiger partial charge < -0.3 is 35.8 Å². The number of fused-ring (bicyclic) bond motifs is 3. The zero-order valence-electron chi connectivity index (χ0n) is 28.9. The summed E-state index contributed by atoms with van der Waals surface area (Å²) in [5, 5.41) is 20.4. The molecule has 0 spiro atoms. The van der Waals surface area contributed by atoms with E-state index in [4.69, 9.17) is 9.47 Å². The SMILES string of the molecule is CC(C)C(NC(=O)OCC1c2ccccc2-c2ccccc21)C(=O)N[C@@H](CCCCNC(=O)OC(C)(C)C)C(=O)Nc1ccc(CO)cc1. The van der Waals surface area contributed by atoms with Gasteiger partial charge in [0.05, 0.1) is 6.61 Å². The van der Waals surface area contributed by atoms with E-state index in [2.05, 4.69) is 33.4 Å². The van der Waals surface area contributed by atoms with Gasteiger partial charge in [0.2, 0.25) is 11.8 Å².